The van der Waals surface area contributed by atoms with Crippen LogP contribution in [0, 0.1) is 5.82 Å². The molecule has 0 unspecified atom stereocenters. The van der Waals surface area contributed by atoms with Crippen LogP contribution in [0.1, 0.15) is 24.2 Å². The van der Waals surface area contributed by atoms with Gasteiger partial charge in [-0.25, -0.2) is 19.3 Å². The summed E-state index contributed by atoms with van der Waals surface area (Å²) >= 11 is 0. The molecule has 0 saturated heterocycles. The molecular weight excluding hydrogens is 482 g/mol. The normalized spacial score (nSPS) is 14.5. The third-order valence-electron chi connectivity index (χ3n) is 5.99. The number of aryl methyl sites for hydroxylation is 1. The maximum atomic E-state index is 14.7. The third-order valence-corrected chi connectivity index (χ3v) is 5.99. The number of rotatable bonds is 7. The minimum Gasteiger partial charge on any atom is -0.358 e. The lowest BCUT2D eigenvalue weighted by molar-refractivity contribution is -0.165. The molecule has 2 N–H and O–H groups in total. The van der Waals surface area contributed by atoms with Crippen LogP contribution in [0.15, 0.2) is 53.7 Å². The van der Waals surface area contributed by atoms with Crippen molar-refractivity contribution >= 4 is 23.5 Å². The number of benzene rings is 1. The number of amides is 1. The second-order valence-corrected chi connectivity index (χ2v) is 8.50. The molecule has 0 aliphatic heterocycles. The SMILES string of the molecule is Cn1cncc1Nc1ncc(-c2ccc(CC(=O)Nc3cc(C4(C(F)(F)F)CC4)on3)c(F)c2)cn1. The van der Waals surface area contributed by atoms with Gasteiger partial charge in [-0.3, -0.25) is 4.79 Å². The topological polar surface area (TPSA) is 111 Å². The summed E-state index contributed by atoms with van der Waals surface area (Å²) in [4.78, 5) is 24.8. The summed E-state index contributed by atoms with van der Waals surface area (Å²) in [5.41, 5.74) is -0.869. The fraction of sp³-hybridized carbons (Fsp3) is 0.261. The first-order valence-corrected chi connectivity index (χ1v) is 10.8. The number of aromatic nitrogens is 5. The number of imidazole rings is 1. The van der Waals surface area contributed by atoms with Gasteiger partial charge in [0.15, 0.2) is 11.6 Å². The third kappa shape index (κ3) is 4.51. The molecule has 13 heteroatoms. The van der Waals surface area contributed by atoms with E-state index in [0.717, 1.165) is 6.07 Å². The Balaban J connectivity index is 1.22. The Morgan fingerprint density at radius 3 is 2.50 bits per heavy atom. The average molecular weight is 501 g/mol. The van der Waals surface area contributed by atoms with E-state index in [0.29, 0.717) is 22.9 Å². The van der Waals surface area contributed by atoms with Crippen molar-refractivity contribution in [1.82, 2.24) is 24.7 Å². The first kappa shape index (κ1) is 23.5. The number of carbonyl (C=O) groups is 1. The first-order valence-electron chi connectivity index (χ1n) is 10.8. The van der Waals surface area contributed by atoms with Gasteiger partial charge in [-0.15, -0.1) is 0 Å². The molecule has 9 nitrogen and oxygen atoms in total. The van der Waals surface area contributed by atoms with E-state index >= 15 is 0 Å². The highest BCUT2D eigenvalue weighted by molar-refractivity contribution is 5.91. The second-order valence-electron chi connectivity index (χ2n) is 8.50. The summed E-state index contributed by atoms with van der Waals surface area (Å²) in [5, 5.41) is 8.86. The Labute approximate surface area is 201 Å². The van der Waals surface area contributed by atoms with Crippen LogP contribution in [-0.2, 0) is 23.7 Å². The predicted molar refractivity (Wildman–Crippen MR) is 120 cm³/mol. The number of hydrogen-bond donors (Lipinski definition) is 2. The molecule has 1 fully saturated rings. The lowest BCUT2D eigenvalue weighted by Crippen LogP contribution is -2.28. The zero-order chi connectivity index (χ0) is 25.5. The molecule has 1 saturated carbocycles. The van der Waals surface area contributed by atoms with Gasteiger partial charge in [-0.2, -0.15) is 13.2 Å². The van der Waals surface area contributed by atoms with E-state index in [2.05, 4.69) is 30.7 Å². The molecule has 0 radical (unpaired) electrons. The molecule has 36 heavy (non-hydrogen) atoms. The second kappa shape index (κ2) is 8.73. The van der Waals surface area contributed by atoms with Gasteiger partial charge in [0.1, 0.15) is 17.1 Å². The largest absolute Gasteiger partial charge is 0.401 e. The van der Waals surface area contributed by atoms with E-state index in [9.17, 15) is 22.4 Å². The van der Waals surface area contributed by atoms with Crippen molar-refractivity contribution in [2.45, 2.75) is 30.9 Å². The van der Waals surface area contributed by atoms with E-state index < -0.39 is 23.3 Å². The molecule has 5 rings (SSSR count). The van der Waals surface area contributed by atoms with Crippen LogP contribution in [0.2, 0.25) is 0 Å². The van der Waals surface area contributed by atoms with Gasteiger partial charge in [-0.05, 0) is 30.0 Å². The van der Waals surface area contributed by atoms with Crippen molar-refractivity contribution in [2.24, 2.45) is 7.05 Å². The molecule has 0 spiro atoms. The van der Waals surface area contributed by atoms with E-state index in [1.807, 2.05) is 7.05 Å². The molecule has 4 aromatic rings. The summed E-state index contributed by atoms with van der Waals surface area (Å²) in [6, 6.07) is 5.38. The minimum absolute atomic E-state index is 0.0920. The number of nitrogens with zero attached hydrogens (tertiary/aromatic N) is 5. The van der Waals surface area contributed by atoms with E-state index in [1.54, 1.807) is 23.2 Å². The van der Waals surface area contributed by atoms with Gasteiger partial charge >= 0.3 is 6.18 Å². The molecule has 186 valence electrons. The Morgan fingerprint density at radius 1 is 1.14 bits per heavy atom. The zero-order valence-corrected chi connectivity index (χ0v) is 18.8. The molecule has 0 bridgehead atoms. The summed E-state index contributed by atoms with van der Waals surface area (Å²) < 4.78 is 61.0. The van der Waals surface area contributed by atoms with Crippen LogP contribution in [0.3, 0.4) is 0 Å². The Hall–Kier alpha value is -4.29. The predicted octanol–water partition coefficient (Wildman–Crippen LogP) is 4.52. The lowest BCUT2D eigenvalue weighted by Gasteiger charge is -2.14. The molecule has 3 aromatic heterocycles. The minimum atomic E-state index is -4.46. The molecule has 0 atom stereocenters. The highest BCUT2D eigenvalue weighted by Gasteiger charge is 2.66. The fourth-order valence-corrected chi connectivity index (χ4v) is 3.72. The number of alkyl halides is 3. The molecule has 1 amide bonds. The van der Waals surface area contributed by atoms with Crippen molar-refractivity contribution in [2.75, 3.05) is 10.6 Å². The van der Waals surface area contributed by atoms with Crippen LogP contribution in [-0.4, -0.2) is 36.8 Å². The summed E-state index contributed by atoms with van der Waals surface area (Å²) in [6.45, 7) is 0. The fourth-order valence-electron chi connectivity index (χ4n) is 3.72. The van der Waals surface area contributed by atoms with Gasteiger partial charge < -0.3 is 19.7 Å². The Bertz CT molecular complexity index is 1410. The maximum Gasteiger partial charge on any atom is 0.401 e. The van der Waals surface area contributed by atoms with Crippen molar-refractivity contribution in [3.8, 4) is 11.1 Å². The number of hydrogen-bond acceptors (Lipinski definition) is 7. The standard InChI is InChI=1S/C23H19F4N7O2/c1-34-12-28-11-19(34)32-21-29-9-15(10-30-21)13-2-3-14(16(24)6-13)7-20(35)31-18-8-17(36-33-18)22(4-5-22)23(25,26)27/h2-3,6,8-12H,4-5,7H2,1H3,(H,29,30,32)(H,31,33,35). The van der Waals surface area contributed by atoms with Gasteiger partial charge in [-0.1, -0.05) is 17.3 Å². The number of anilines is 3. The quantitative estimate of drug-likeness (QED) is 0.358. The van der Waals surface area contributed by atoms with Gasteiger partial charge in [0.25, 0.3) is 0 Å². The molecule has 1 aliphatic carbocycles. The van der Waals surface area contributed by atoms with Crippen molar-refractivity contribution in [1.29, 1.82) is 0 Å². The van der Waals surface area contributed by atoms with Crippen LogP contribution in [0.5, 0.6) is 0 Å². The number of carbonyl (C=O) groups excluding carboxylic acids is 1. The highest BCUT2D eigenvalue weighted by Crippen LogP contribution is 2.59. The van der Waals surface area contributed by atoms with Crippen LogP contribution >= 0.6 is 0 Å². The lowest BCUT2D eigenvalue weighted by atomic mass is 10.0. The van der Waals surface area contributed by atoms with Crippen molar-refractivity contribution in [3.63, 3.8) is 0 Å². The molecule has 3 heterocycles. The highest BCUT2D eigenvalue weighted by atomic mass is 19.4. The van der Waals surface area contributed by atoms with E-state index in [-0.39, 0.29) is 36.4 Å². The molecule has 1 aliphatic rings. The van der Waals surface area contributed by atoms with Crippen LogP contribution in [0.4, 0.5) is 35.1 Å². The number of halogens is 4. The summed E-state index contributed by atoms with van der Waals surface area (Å²) in [5.74, 6) is -0.730. The Kier molecular flexibility index (Phi) is 5.69. The molecular formula is C23H19F4N7O2. The zero-order valence-electron chi connectivity index (χ0n) is 18.8. The van der Waals surface area contributed by atoms with Crippen molar-refractivity contribution < 1.29 is 26.9 Å². The summed E-state index contributed by atoms with van der Waals surface area (Å²) in [6.07, 6.45) is 1.32. The van der Waals surface area contributed by atoms with Gasteiger partial charge in [0.2, 0.25) is 11.9 Å². The maximum absolute atomic E-state index is 14.7. The monoisotopic (exact) mass is 501 g/mol. The van der Waals surface area contributed by atoms with Crippen LogP contribution in [0.25, 0.3) is 11.1 Å². The smallest absolute Gasteiger partial charge is 0.358 e. The van der Waals surface area contributed by atoms with Crippen LogP contribution < -0.4 is 10.6 Å². The average Bonchev–Trinajstić information content (AvgIpc) is 3.39. The first-order chi connectivity index (χ1) is 17.1. The Morgan fingerprint density at radius 2 is 1.89 bits per heavy atom. The van der Waals surface area contributed by atoms with Crippen molar-refractivity contribution in [3.05, 3.63) is 66.3 Å². The van der Waals surface area contributed by atoms with Gasteiger partial charge in [0, 0.05) is 31.1 Å². The van der Waals surface area contributed by atoms with E-state index in [4.69, 9.17) is 4.52 Å². The van der Waals surface area contributed by atoms with E-state index in [1.165, 1.54) is 24.5 Å². The molecule has 1 aromatic carbocycles. The summed E-state index contributed by atoms with van der Waals surface area (Å²) in [7, 11) is 1.81. The van der Waals surface area contributed by atoms with Gasteiger partial charge in [0.05, 0.1) is 18.9 Å². The number of nitrogens with one attached hydrogen (secondary N) is 2.